The first-order chi connectivity index (χ1) is 6.52. The summed E-state index contributed by atoms with van der Waals surface area (Å²) in [4.78, 5) is 9.94. The Morgan fingerprint density at radius 2 is 1.71 bits per heavy atom. The molecule has 78 valence electrons. The van der Waals surface area contributed by atoms with Gasteiger partial charge in [0, 0.05) is 43.3 Å². The average molecular weight is 420 g/mol. The lowest BCUT2D eigenvalue weighted by molar-refractivity contribution is -0.383. The van der Waals surface area contributed by atoms with E-state index in [0.717, 1.165) is 11.1 Å². The van der Waals surface area contributed by atoms with Crippen LogP contribution >= 0.6 is 37.2 Å². The van der Waals surface area contributed by atoms with E-state index < -0.39 is 4.92 Å². The number of rotatable bonds is 1. The van der Waals surface area contributed by atoms with E-state index in [-0.39, 0.29) is 11.4 Å². The smallest absolute Gasteiger partial charge is 0.292 e. The maximum Gasteiger partial charge on any atom is 0.292 e. The minimum Gasteiger partial charge on any atom is -0.393 e. The molecule has 0 fully saturated rings. The molecule has 1 rings (SSSR count). The molecule has 0 amide bonds. The Kier molecular flexibility index (Phi) is 6.33. The lowest BCUT2D eigenvalue weighted by Gasteiger charge is -2.01. The molecule has 0 saturated heterocycles. The van der Waals surface area contributed by atoms with E-state index in [4.69, 9.17) is 5.73 Å². The molecule has 1 aromatic rings. The van der Waals surface area contributed by atoms with Crippen molar-refractivity contribution in [3.05, 3.63) is 33.4 Å². The Hall–Kier alpha value is -0.120. The summed E-state index contributed by atoms with van der Waals surface area (Å²) >= 11 is 4.24. The minimum absolute atomic E-state index is 0.0156. The van der Waals surface area contributed by atoms with Gasteiger partial charge in [-0.2, -0.15) is 0 Å². The molecule has 0 saturated carbocycles. The molecular formula is C8H10I2N2O2. The predicted octanol–water partition coefficient (Wildman–Crippen LogP) is 3.57. The topological polar surface area (TPSA) is 69.2 Å². The number of nitro groups is 1. The van der Waals surface area contributed by atoms with E-state index in [9.17, 15) is 10.1 Å². The summed E-state index contributed by atoms with van der Waals surface area (Å²) in [7, 11) is 0. The van der Waals surface area contributed by atoms with Gasteiger partial charge in [0.05, 0.1) is 4.92 Å². The Bertz CT molecular complexity index is 342. The van der Waals surface area contributed by atoms with Crippen LogP contribution < -0.4 is 5.73 Å². The van der Waals surface area contributed by atoms with Crippen molar-refractivity contribution in [2.45, 2.75) is 13.8 Å². The molecule has 0 aliphatic heterocycles. The summed E-state index contributed by atoms with van der Waals surface area (Å²) < 4.78 is 0. The molecule has 2 N–H and O–H groups in total. The lowest BCUT2D eigenvalue weighted by Crippen LogP contribution is -1.97. The molecule has 0 aliphatic rings. The molecule has 14 heavy (non-hydrogen) atoms. The number of hydrogen-bond acceptors (Lipinski definition) is 3. The Balaban J connectivity index is 0.000000791. The zero-order valence-corrected chi connectivity index (χ0v) is 12.1. The number of nitrogens with zero attached hydrogens (tertiary/aromatic N) is 1. The highest BCUT2D eigenvalue weighted by Gasteiger charge is 2.11. The van der Waals surface area contributed by atoms with Crippen LogP contribution in [0, 0.1) is 24.0 Å². The van der Waals surface area contributed by atoms with Crippen molar-refractivity contribution in [3.63, 3.8) is 0 Å². The molecule has 1 aromatic carbocycles. The summed E-state index contributed by atoms with van der Waals surface area (Å²) in [5.41, 5.74) is 7.51. The molecule has 6 heteroatoms. The van der Waals surface area contributed by atoms with Crippen molar-refractivity contribution < 1.29 is 4.92 Å². The van der Waals surface area contributed by atoms with E-state index in [2.05, 4.69) is 37.2 Å². The van der Waals surface area contributed by atoms with Gasteiger partial charge in [-0.25, -0.2) is 0 Å². The molecular weight excluding hydrogens is 410 g/mol. The number of halogens is 2. The second-order valence-electron chi connectivity index (χ2n) is 2.75. The standard InChI is InChI=1S/C8H10N2O2.I2/c1-5-3-7(9)8(10(11)12)4-6(5)2;1-2/h3-4H,9H2,1-2H3;. The highest BCUT2D eigenvalue weighted by Crippen LogP contribution is 2.24. The molecule has 0 unspecified atom stereocenters. The summed E-state index contributed by atoms with van der Waals surface area (Å²) in [6.45, 7) is 3.69. The van der Waals surface area contributed by atoms with Crippen LogP contribution in [0.3, 0.4) is 0 Å². The number of benzene rings is 1. The third-order valence-corrected chi connectivity index (χ3v) is 1.84. The lowest BCUT2D eigenvalue weighted by atomic mass is 10.1. The van der Waals surface area contributed by atoms with Crippen molar-refractivity contribution in [2.24, 2.45) is 0 Å². The number of hydrogen-bond donors (Lipinski definition) is 1. The summed E-state index contributed by atoms with van der Waals surface area (Å²) in [6, 6.07) is 3.11. The van der Waals surface area contributed by atoms with Crippen LogP contribution in [0.15, 0.2) is 12.1 Å². The molecule has 0 heterocycles. The van der Waals surface area contributed by atoms with Crippen LogP contribution in [0.4, 0.5) is 11.4 Å². The maximum atomic E-state index is 10.4. The van der Waals surface area contributed by atoms with Crippen LogP contribution in [-0.2, 0) is 0 Å². The number of aryl methyl sites for hydroxylation is 2. The van der Waals surface area contributed by atoms with Crippen LogP contribution in [-0.4, -0.2) is 4.92 Å². The normalized spacial score (nSPS) is 8.86. The minimum atomic E-state index is -0.470. The largest absolute Gasteiger partial charge is 0.393 e. The van der Waals surface area contributed by atoms with Gasteiger partial charge in [-0.3, -0.25) is 10.1 Å². The molecule has 0 spiro atoms. The first-order valence-electron chi connectivity index (χ1n) is 3.67. The van der Waals surface area contributed by atoms with Crippen molar-refractivity contribution in [3.8, 4) is 0 Å². The Labute approximate surface area is 106 Å². The van der Waals surface area contributed by atoms with Gasteiger partial charge in [0.2, 0.25) is 0 Å². The fraction of sp³-hybridized carbons (Fsp3) is 0.250. The highest BCUT2D eigenvalue weighted by molar-refractivity contribution is 15.0. The van der Waals surface area contributed by atoms with Gasteiger partial charge in [-0.1, -0.05) is 0 Å². The zero-order chi connectivity index (χ0) is 11.3. The second-order valence-corrected chi connectivity index (χ2v) is 2.75. The number of nitro benzene ring substituents is 1. The number of anilines is 1. The monoisotopic (exact) mass is 420 g/mol. The highest BCUT2D eigenvalue weighted by atomic mass is 128. The van der Waals surface area contributed by atoms with Crippen LogP contribution in [0.2, 0.25) is 0 Å². The Morgan fingerprint density at radius 1 is 1.29 bits per heavy atom. The molecule has 0 aliphatic carbocycles. The summed E-state index contributed by atoms with van der Waals surface area (Å²) in [5.74, 6) is 0. The van der Waals surface area contributed by atoms with Crippen molar-refractivity contribution in [1.82, 2.24) is 0 Å². The summed E-state index contributed by atoms with van der Waals surface area (Å²) in [5, 5.41) is 10.4. The number of nitrogens with two attached hydrogens (primary N) is 1. The zero-order valence-electron chi connectivity index (χ0n) is 7.75. The van der Waals surface area contributed by atoms with E-state index in [1.165, 1.54) is 6.07 Å². The SMILES string of the molecule is Cc1cc(N)c([N+](=O)[O-])cc1C.II. The van der Waals surface area contributed by atoms with Crippen LogP contribution in [0.25, 0.3) is 0 Å². The van der Waals surface area contributed by atoms with E-state index >= 15 is 0 Å². The second kappa shape index (κ2) is 6.38. The molecule has 0 radical (unpaired) electrons. The maximum absolute atomic E-state index is 10.4. The molecule has 0 atom stereocenters. The number of nitrogen functional groups attached to an aromatic ring is 1. The summed E-state index contributed by atoms with van der Waals surface area (Å²) in [6.07, 6.45) is 0. The van der Waals surface area contributed by atoms with Gasteiger partial charge < -0.3 is 5.73 Å². The quantitative estimate of drug-likeness (QED) is 0.327. The van der Waals surface area contributed by atoms with Gasteiger partial charge in [-0.15, -0.1) is 0 Å². The van der Waals surface area contributed by atoms with Gasteiger partial charge >= 0.3 is 0 Å². The van der Waals surface area contributed by atoms with Gasteiger partial charge in [0.1, 0.15) is 5.69 Å². The average Bonchev–Trinajstić information content (AvgIpc) is 2.14. The van der Waals surface area contributed by atoms with Crippen LogP contribution in [0.5, 0.6) is 0 Å². The van der Waals surface area contributed by atoms with Gasteiger partial charge in [0.15, 0.2) is 0 Å². The molecule has 4 nitrogen and oxygen atoms in total. The first kappa shape index (κ1) is 13.9. The molecule has 0 aromatic heterocycles. The van der Waals surface area contributed by atoms with E-state index in [1.54, 1.807) is 6.07 Å². The van der Waals surface area contributed by atoms with E-state index in [1.807, 2.05) is 13.8 Å². The predicted molar refractivity (Wildman–Crippen MR) is 75.0 cm³/mol. The van der Waals surface area contributed by atoms with E-state index in [0.29, 0.717) is 0 Å². The third-order valence-electron chi connectivity index (χ3n) is 1.84. The fourth-order valence-corrected chi connectivity index (χ4v) is 0.981. The van der Waals surface area contributed by atoms with Crippen molar-refractivity contribution >= 4 is 48.6 Å². The fourth-order valence-electron chi connectivity index (χ4n) is 0.981. The molecule has 0 bridgehead atoms. The van der Waals surface area contributed by atoms with Crippen molar-refractivity contribution in [1.29, 1.82) is 0 Å². The van der Waals surface area contributed by atoms with Crippen molar-refractivity contribution in [2.75, 3.05) is 5.73 Å². The van der Waals surface area contributed by atoms with Gasteiger partial charge in [-0.05, 0) is 31.0 Å². The first-order valence-corrected chi connectivity index (χ1v) is 9.96. The van der Waals surface area contributed by atoms with Gasteiger partial charge in [0.25, 0.3) is 5.69 Å². The Morgan fingerprint density at radius 3 is 2.14 bits per heavy atom. The van der Waals surface area contributed by atoms with Crippen LogP contribution in [0.1, 0.15) is 11.1 Å². The third kappa shape index (κ3) is 3.56.